The molecule has 4 rings (SSSR count). The van der Waals surface area contributed by atoms with Crippen LogP contribution in [0.3, 0.4) is 0 Å². The van der Waals surface area contributed by atoms with Crippen molar-refractivity contribution >= 4 is 9.84 Å². The monoisotopic (exact) mass is 460 g/mol. The van der Waals surface area contributed by atoms with Crippen molar-refractivity contribution in [2.24, 2.45) is 0 Å². The van der Waals surface area contributed by atoms with Gasteiger partial charge in [-0.15, -0.1) is 0 Å². The number of nitrogens with zero attached hydrogens (tertiary/aromatic N) is 3. The Labute approximate surface area is 192 Å². The van der Waals surface area contributed by atoms with Gasteiger partial charge < -0.3 is 4.74 Å². The third-order valence-corrected chi connectivity index (χ3v) is 8.92. The predicted molar refractivity (Wildman–Crippen MR) is 125 cm³/mol. The molecule has 2 fully saturated rings. The first-order valence-electron chi connectivity index (χ1n) is 11.8. The van der Waals surface area contributed by atoms with E-state index in [1.165, 1.54) is 5.56 Å². The van der Waals surface area contributed by atoms with Crippen LogP contribution in [-0.2, 0) is 16.4 Å². The Hall–Kier alpha value is -1.90. The molecule has 3 atom stereocenters. The standard InChI is InChI=1S/C24H36N4O3S/c1-5-27(6-2)15-19-7-11-22(12-8-19)31-23-13-20-9-10-21(14-23)28(20)16-32(29,30)24-17(3)25-26-18(24)4/h7-8,11-12,20-21,23H,5-6,9-10,13-16H2,1-4H3,(H,25,26)/t20-,21+,23-. The Morgan fingerprint density at radius 3 is 2.25 bits per heavy atom. The van der Waals surface area contributed by atoms with Crippen molar-refractivity contribution in [3.8, 4) is 5.75 Å². The molecule has 32 heavy (non-hydrogen) atoms. The molecule has 0 amide bonds. The van der Waals surface area contributed by atoms with E-state index in [1.54, 1.807) is 13.8 Å². The van der Waals surface area contributed by atoms with E-state index in [-0.39, 0.29) is 24.1 Å². The largest absolute Gasteiger partial charge is 0.490 e. The summed E-state index contributed by atoms with van der Waals surface area (Å²) in [5.74, 6) is 0.972. The second-order valence-corrected chi connectivity index (χ2v) is 11.1. The summed E-state index contributed by atoms with van der Waals surface area (Å²) in [6, 6.07) is 8.95. The van der Waals surface area contributed by atoms with Gasteiger partial charge in [-0.2, -0.15) is 5.10 Å². The molecule has 0 aliphatic carbocycles. The Balaban J connectivity index is 1.37. The summed E-state index contributed by atoms with van der Waals surface area (Å²) in [5, 5.41) is 6.88. The van der Waals surface area contributed by atoms with Gasteiger partial charge in [0.05, 0.1) is 11.4 Å². The van der Waals surface area contributed by atoms with Crippen molar-refractivity contribution in [3.05, 3.63) is 41.2 Å². The Bertz CT molecular complexity index is 981. The van der Waals surface area contributed by atoms with E-state index in [0.29, 0.717) is 16.3 Å². The molecule has 8 heteroatoms. The lowest BCUT2D eigenvalue weighted by molar-refractivity contribution is 0.0609. The van der Waals surface area contributed by atoms with E-state index in [0.717, 1.165) is 51.1 Å². The number of nitrogens with one attached hydrogen (secondary N) is 1. The molecule has 2 saturated heterocycles. The van der Waals surface area contributed by atoms with E-state index in [1.807, 2.05) is 0 Å². The topological polar surface area (TPSA) is 78.5 Å². The number of rotatable bonds is 9. The summed E-state index contributed by atoms with van der Waals surface area (Å²) in [6.07, 6.45) is 3.95. The van der Waals surface area contributed by atoms with Crippen molar-refractivity contribution in [3.63, 3.8) is 0 Å². The molecule has 0 spiro atoms. The smallest absolute Gasteiger partial charge is 0.195 e. The second-order valence-electron chi connectivity index (χ2n) is 9.22. The number of aromatic nitrogens is 2. The Kier molecular flexibility index (Phi) is 6.93. The van der Waals surface area contributed by atoms with Gasteiger partial charge in [0.1, 0.15) is 22.6 Å². The highest BCUT2D eigenvalue weighted by Crippen LogP contribution is 2.38. The third-order valence-electron chi connectivity index (χ3n) is 7.06. The maximum absolute atomic E-state index is 13.1. The van der Waals surface area contributed by atoms with Crippen LogP contribution in [0.2, 0.25) is 0 Å². The number of aromatic amines is 1. The molecular weight excluding hydrogens is 424 g/mol. The van der Waals surface area contributed by atoms with E-state index >= 15 is 0 Å². The number of ether oxygens (including phenoxy) is 1. The van der Waals surface area contributed by atoms with Gasteiger partial charge >= 0.3 is 0 Å². The van der Waals surface area contributed by atoms with Crippen LogP contribution < -0.4 is 4.74 Å². The molecule has 0 saturated carbocycles. The van der Waals surface area contributed by atoms with E-state index in [9.17, 15) is 8.42 Å². The van der Waals surface area contributed by atoms with Gasteiger partial charge in [-0.3, -0.25) is 14.9 Å². The zero-order valence-electron chi connectivity index (χ0n) is 19.7. The van der Waals surface area contributed by atoms with Crippen LogP contribution in [0, 0.1) is 13.8 Å². The lowest BCUT2D eigenvalue weighted by Crippen LogP contribution is -2.48. The molecule has 7 nitrogen and oxygen atoms in total. The molecule has 2 aliphatic heterocycles. The number of piperidine rings is 1. The number of aryl methyl sites for hydroxylation is 2. The van der Waals surface area contributed by atoms with Crippen LogP contribution in [0.4, 0.5) is 0 Å². The van der Waals surface area contributed by atoms with Gasteiger partial charge in [0.15, 0.2) is 9.84 Å². The molecule has 1 N–H and O–H groups in total. The van der Waals surface area contributed by atoms with Crippen LogP contribution in [0.5, 0.6) is 5.75 Å². The lowest BCUT2D eigenvalue weighted by atomic mass is 10.0. The van der Waals surface area contributed by atoms with Gasteiger partial charge in [-0.05, 0) is 70.3 Å². The number of sulfone groups is 1. The Morgan fingerprint density at radius 1 is 1.09 bits per heavy atom. The first-order chi connectivity index (χ1) is 15.3. The number of hydrogen-bond donors (Lipinski definition) is 1. The summed E-state index contributed by atoms with van der Waals surface area (Å²) in [6.45, 7) is 10.9. The quantitative estimate of drug-likeness (QED) is 0.615. The molecular formula is C24H36N4O3S. The van der Waals surface area contributed by atoms with Gasteiger partial charge in [0, 0.05) is 18.6 Å². The molecule has 2 aliphatic rings. The molecule has 176 valence electrons. The van der Waals surface area contributed by atoms with Crippen molar-refractivity contribution in [2.45, 2.75) is 83.0 Å². The maximum atomic E-state index is 13.1. The van der Waals surface area contributed by atoms with Crippen molar-refractivity contribution in [2.75, 3.05) is 19.0 Å². The number of fused-ring (bicyclic) bond motifs is 2. The van der Waals surface area contributed by atoms with E-state index in [2.05, 4.69) is 58.1 Å². The fourth-order valence-corrected chi connectivity index (χ4v) is 7.31. The fourth-order valence-electron chi connectivity index (χ4n) is 5.36. The summed E-state index contributed by atoms with van der Waals surface area (Å²) >= 11 is 0. The fraction of sp³-hybridized carbons (Fsp3) is 0.625. The van der Waals surface area contributed by atoms with Gasteiger partial charge in [0.2, 0.25) is 0 Å². The average molecular weight is 461 g/mol. The van der Waals surface area contributed by atoms with Crippen LogP contribution in [0.25, 0.3) is 0 Å². The minimum Gasteiger partial charge on any atom is -0.490 e. The normalized spacial score (nSPS) is 23.7. The SMILES string of the molecule is CCN(CC)Cc1ccc(O[C@@H]2C[C@H]3CC[C@@H](C2)N3CS(=O)(=O)c2c(C)n[nH]c2C)cc1. The van der Waals surface area contributed by atoms with Crippen molar-refractivity contribution in [1.29, 1.82) is 0 Å². The van der Waals surface area contributed by atoms with Gasteiger partial charge in [-0.1, -0.05) is 26.0 Å². The summed E-state index contributed by atoms with van der Waals surface area (Å²) in [5.41, 5.74) is 2.47. The van der Waals surface area contributed by atoms with Crippen LogP contribution in [-0.4, -0.2) is 65.6 Å². The van der Waals surface area contributed by atoms with Gasteiger partial charge in [0.25, 0.3) is 0 Å². The number of benzene rings is 1. The summed E-state index contributed by atoms with van der Waals surface area (Å²) < 4.78 is 32.6. The summed E-state index contributed by atoms with van der Waals surface area (Å²) in [7, 11) is -3.41. The number of hydrogen-bond acceptors (Lipinski definition) is 6. The van der Waals surface area contributed by atoms with Gasteiger partial charge in [-0.25, -0.2) is 8.42 Å². The zero-order chi connectivity index (χ0) is 22.9. The van der Waals surface area contributed by atoms with E-state index in [4.69, 9.17) is 4.74 Å². The van der Waals surface area contributed by atoms with Crippen molar-refractivity contribution < 1.29 is 13.2 Å². The Morgan fingerprint density at radius 2 is 1.72 bits per heavy atom. The molecule has 3 heterocycles. The molecule has 1 aromatic carbocycles. The molecule has 0 radical (unpaired) electrons. The molecule has 2 aromatic rings. The average Bonchev–Trinajstić information content (AvgIpc) is 3.21. The van der Waals surface area contributed by atoms with Crippen LogP contribution >= 0.6 is 0 Å². The third kappa shape index (κ3) is 4.87. The number of H-pyrrole nitrogens is 1. The predicted octanol–water partition coefficient (Wildman–Crippen LogP) is 3.67. The van der Waals surface area contributed by atoms with Crippen LogP contribution in [0.1, 0.15) is 56.5 Å². The highest BCUT2D eigenvalue weighted by molar-refractivity contribution is 7.91. The minimum absolute atomic E-state index is 0.0658. The second kappa shape index (κ2) is 9.53. The first-order valence-corrected chi connectivity index (χ1v) is 13.4. The first kappa shape index (κ1) is 23.3. The molecule has 2 bridgehead atoms. The highest BCUT2D eigenvalue weighted by atomic mass is 32.2. The van der Waals surface area contributed by atoms with Crippen molar-refractivity contribution in [1.82, 2.24) is 20.0 Å². The minimum atomic E-state index is -3.41. The lowest BCUT2D eigenvalue weighted by Gasteiger charge is -2.38. The molecule has 0 unspecified atom stereocenters. The van der Waals surface area contributed by atoms with Crippen LogP contribution in [0.15, 0.2) is 29.2 Å². The zero-order valence-corrected chi connectivity index (χ0v) is 20.5. The summed E-state index contributed by atoms with van der Waals surface area (Å²) in [4.78, 5) is 4.94. The highest BCUT2D eigenvalue weighted by Gasteiger charge is 2.43. The van der Waals surface area contributed by atoms with E-state index < -0.39 is 9.84 Å². The molecule has 1 aromatic heterocycles. The maximum Gasteiger partial charge on any atom is 0.195 e.